The zero-order valence-electron chi connectivity index (χ0n) is 16.1. The van der Waals surface area contributed by atoms with Crippen LogP contribution in [-0.2, 0) is 27.3 Å². The van der Waals surface area contributed by atoms with Crippen molar-refractivity contribution in [3.8, 4) is 0 Å². The lowest BCUT2D eigenvalue weighted by atomic mass is 9.90. The molecule has 0 saturated heterocycles. The molecule has 0 radical (unpaired) electrons. The number of H-pyrrole nitrogens is 1. The molecule has 1 aromatic rings. The van der Waals surface area contributed by atoms with E-state index in [2.05, 4.69) is 10.3 Å². The summed E-state index contributed by atoms with van der Waals surface area (Å²) in [4.78, 5) is 27.3. The molecule has 2 atom stereocenters. The molecule has 1 amide bonds. The minimum atomic E-state index is -3.34. The number of aromatic nitrogens is 1. The van der Waals surface area contributed by atoms with E-state index in [-0.39, 0.29) is 23.4 Å². The molecule has 2 aliphatic rings. The molecular weight excluding hydrogens is 397 g/mol. The number of aromatic amines is 1. The van der Waals surface area contributed by atoms with Crippen molar-refractivity contribution in [2.24, 2.45) is 0 Å². The highest BCUT2D eigenvalue weighted by atomic mass is 32.2. The second-order valence-electron chi connectivity index (χ2n) is 6.98. The summed E-state index contributed by atoms with van der Waals surface area (Å²) in [5, 5.41) is 3.75. The Labute approximate surface area is 168 Å². The van der Waals surface area contributed by atoms with Crippen molar-refractivity contribution in [1.29, 1.82) is 4.78 Å². The van der Waals surface area contributed by atoms with Gasteiger partial charge in [-0.1, -0.05) is 12.2 Å². The van der Waals surface area contributed by atoms with Crippen LogP contribution in [0.15, 0.2) is 45.4 Å². The Kier molecular flexibility index (Phi) is 6.49. The number of halogens is 1. The molecule has 0 saturated carbocycles. The molecule has 2 aliphatic carbocycles. The summed E-state index contributed by atoms with van der Waals surface area (Å²) in [6, 6.07) is 0. The zero-order chi connectivity index (χ0) is 21.0. The molecule has 0 fully saturated rings. The molecular formula is C20H24FN3O4S. The normalized spacial score (nSPS) is 21.1. The largest absolute Gasteiger partial charge is 0.374 e. The number of allylic oxidation sites excluding steroid dienone is 1. The summed E-state index contributed by atoms with van der Waals surface area (Å²) in [6.07, 6.45) is 8.59. The van der Waals surface area contributed by atoms with Crippen molar-refractivity contribution in [2.45, 2.75) is 38.2 Å². The first kappa shape index (κ1) is 21.2. The molecule has 7 nitrogen and oxygen atoms in total. The molecule has 3 rings (SSSR count). The first-order chi connectivity index (χ1) is 13.8. The molecule has 29 heavy (non-hydrogen) atoms. The van der Waals surface area contributed by atoms with Gasteiger partial charge in [-0.2, -0.15) is 0 Å². The predicted molar refractivity (Wildman–Crippen MR) is 109 cm³/mol. The van der Waals surface area contributed by atoms with Crippen LogP contribution in [0.4, 0.5) is 4.39 Å². The monoisotopic (exact) mass is 421 g/mol. The highest BCUT2D eigenvalue weighted by Crippen LogP contribution is 2.26. The van der Waals surface area contributed by atoms with Crippen LogP contribution in [0, 0.1) is 4.78 Å². The third-order valence-electron chi connectivity index (χ3n) is 5.07. The maximum atomic E-state index is 13.9. The highest BCUT2D eigenvalue weighted by molar-refractivity contribution is 7.99. The molecule has 1 heterocycles. The Balaban J connectivity index is 1.66. The Hall–Kier alpha value is -2.52. The Morgan fingerprint density at radius 1 is 1.45 bits per heavy atom. The van der Waals surface area contributed by atoms with Gasteiger partial charge in [-0.05, 0) is 49.3 Å². The van der Waals surface area contributed by atoms with Gasteiger partial charge in [0.1, 0.15) is 17.5 Å². The summed E-state index contributed by atoms with van der Waals surface area (Å²) in [5.41, 5.74) is 1.45. The van der Waals surface area contributed by atoms with Gasteiger partial charge in [0, 0.05) is 25.3 Å². The molecule has 0 bridgehead atoms. The molecule has 156 valence electrons. The van der Waals surface area contributed by atoms with Crippen LogP contribution >= 0.6 is 0 Å². The van der Waals surface area contributed by atoms with Crippen LogP contribution in [0.2, 0.25) is 0 Å². The lowest BCUT2D eigenvalue weighted by Gasteiger charge is -2.18. The lowest BCUT2D eigenvalue weighted by molar-refractivity contribution is 0.0955. The molecule has 2 unspecified atom stereocenters. The second kappa shape index (κ2) is 8.87. The van der Waals surface area contributed by atoms with E-state index in [9.17, 15) is 18.2 Å². The molecule has 0 aromatic carbocycles. The SMILES string of the molecule is COC1CC=C(S(=N)(=O)/C=C/CNC(=O)c2c3c(c[nH]c2=O)CCCC3)C=C1F. The van der Waals surface area contributed by atoms with Gasteiger partial charge in [0.2, 0.25) is 0 Å². The van der Waals surface area contributed by atoms with Crippen LogP contribution in [0.1, 0.15) is 40.7 Å². The van der Waals surface area contributed by atoms with Crippen molar-refractivity contribution in [3.05, 3.63) is 67.6 Å². The number of pyridine rings is 1. The first-order valence-electron chi connectivity index (χ1n) is 9.40. The van der Waals surface area contributed by atoms with Crippen LogP contribution in [-0.4, -0.2) is 34.9 Å². The van der Waals surface area contributed by atoms with Crippen molar-refractivity contribution >= 4 is 15.6 Å². The van der Waals surface area contributed by atoms with Crippen LogP contribution < -0.4 is 10.9 Å². The van der Waals surface area contributed by atoms with Gasteiger partial charge in [-0.25, -0.2) is 13.4 Å². The van der Waals surface area contributed by atoms with E-state index in [0.717, 1.165) is 41.9 Å². The van der Waals surface area contributed by atoms with Crippen molar-refractivity contribution in [1.82, 2.24) is 10.3 Å². The number of hydrogen-bond acceptors (Lipinski definition) is 5. The van der Waals surface area contributed by atoms with Gasteiger partial charge in [0.05, 0.1) is 14.6 Å². The number of carbonyl (C=O) groups excluding carboxylic acids is 1. The number of carbonyl (C=O) groups is 1. The number of aryl methyl sites for hydroxylation is 1. The molecule has 0 spiro atoms. The summed E-state index contributed by atoms with van der Waals surface area (Å²) in [5.74, 6) is -1.07. The smallest absolute Gasteiger partial charge is 0.261 e. The number of fused-ring (bicyclic) bond motifs is 1. The van der Waals surface area contributed by atoms with E-state index < -0.39 is 33.1 Å². The van der Waals surface area contributed by atoms with Crippen LogP contribution in [0.3, 0.4) is 0 Å². The van der Waals surface area contributed by atoms with E-state index >= 15 is 0 Å². The average Bonchev–Trinajstić information content (AvgIpc) is 2.71. The van der Waals surface area contributed by atoms with E-state index in [0.29, 0.717) is 6.42 Å². The van der Waals surface area contributed by atoms with E-state index in [1.807, 2.05) is 0 Å². The van der Waals surface area contributed by atoms with E-state index in [1.165, 1.54) is 19.3 Å². The predicted octanol–water partition coefficient (Wildman–Crippen LogP) is 2.70. The fraction of sp³-hybridized carbons (Fsp3) is 0.400. The topological polar surface area (TPSA) is 112 Å². The number of nitrogens with one attached hydrogen (secondary N) is 3. The third kappa shape index (κ3) is 4.73. The lowest BCUT2D eigenvalue weighted by Crippen LogP contribution is -2.32. The summed E-state index contributed by atoms with van der Waals surface area (Å²) >= 11 is 0. The number of amides is 1. The maximum Gasteiger partial charge on any atom is 0.261 e. The Bertz CT molecular complexity index is 1050. The summed E-state index contributed by atoms with van der Waals surface area (Å²) in [7, 11) is -1.96. The van der Waals surface area contributed by atoms with Crippen LogP contribution in [0.5, 0.6) is 0 Å². The Morgan fingerprint density at radius 2 is 2.21 bits per heavy atom. The van der Waals surface area contributed by atoms with Gasteiger partial charge in [0.15, 0.2) is 0 Å². The number of hydrogen-bond donors (Lipinski definition) is 3. The quantitative estimate of drug-likeness (QED) is 0.655. The third-order valence-corrected chi connectivity index (χ3v) is 6.63. The van der Waals surface area contributed by atoms with Gasteiger partial charge >= 0.3 is 0 Å². The van der Waals surface area contributed by atoms with Crippen molar-refractivity contribution < 1.29 is 18.1 Å². The van der Waals surface area contributed by atoms with E-state index in [1.54, 1.807) is 6.20 Å². The van der Waals surface area contributed by atoms with Gasteiger partial charge in [-0.15, -0.1) is 0 Å². The van der Waals surface area contributed by atoms with Crippen molar-refractivity contribution in [3.63, 3.8) is 0 Å². The minimum Gasteiger partial charge on any atom is -0.374 e. The molecule has 0 aliphatic heterocycles. The fourth-order valence-electron chi connectivity index (χ4n) is 3.52. The molecule has 3 N–H and O–H groups in total. The fourth-order valence-corrected chi connectivity index (χ4v) is 4.68. The highest BCUT2D eigenvalue weighted by Gasteiger charge is 2.22. The first-order valence-corrected chi connectivity index (χ1v) is 11.0. The van der Waals surface area contributed by atoms with Gasteiger partial charge in [-0.3, -0.25) is 9.59 Å². The standard InChI is InChI=1S/C20H24FN3O4S/c1-28-17-8-7-14(11-16(17)21)29(22,27)10-4-9-23-19(25)18-15-6-3-2-5-13(15)12-24-20(18)26/h4,7,10-12,17,22H,2-3,5-6,8-9H2,1H3,(H,23,25)(H,24,26)/b10-4+. The van der Waals surface area contributed by atoms with Crippen molar-refractivity contribution in [2.75, 3.05) is 13.7 Å². The molecule has 1 aromatic heterocycles. The maximum absolute atomic E-state index is 13.9. The van der Waals surface area contributed by atoms with Gasteiger partial charge in [0.25, 0.3) is 11.5 Å². The number of ether oxygens (including phenoxy) is 1. The summed E-state index contributed by atoms with van der Waals surface area (Å²) in [6.45, 7) is -0.00200. The summed E-state index contributed by atoms with van der Waals surface area (Å²) < 4.78 is 39.3. The number of rotatable bonds is 6. The minimum absolute atomic E-state index is 0.00200. The van der Waals surface area contributed by atoms with Crippen LogP contribution in [0.25, 0.3) is 0 Å². The molecule has 9 heteroatoms. The zero-order valence-corrected chi connectivity index (χ0v) is 16.9. The van der Waals surface area contributed by atoms with E-state index in [4.69, 9.17) is 9.52 Å². The van der Waals surface area contributed by atoms with Gasteiger partial charge < -0.3 is 15.0 Å². The average molecular weight is 421 g/mol. The Morgan fingerprint density at radius 3 is 2.93 bits per heavy atom. The number of methoxy groups -OCH3 is 1. The second-order valence-corrected chi connectivity index (χ2v) is 8.93.